The maximum Gasteiger partial charge on any atom is 0.117 e. The van der Waals surface area contributed by atoms with Gasteiger partial charge in [0.25, 0.3) is 0 Å². The summed E-state index contributed by atoms with van der Waals surface area (Å²) in [7, 11) is 0. The van der Waals surface area contributed by atoms with Crippen molar-refractivity contribution >= 4 is 22.8 Å². The molecule has 0 aliphatic heterocycles. The Morgan fingerprint density at radius 3 is 2.61 bits per heavy atom. The van der Waals surface area contributed by atoms with Gasteiger partial charge in [-0.2, -0.15) is 0 Å². The van der Waals surface area contributed by atoms with Gasteiger partial charge in [-0.15, -0.1) is 0 Å². The molecule has 0 amide bonds. The van der Waals surface area contributed by atoms with Gasteiger partial charge in [0.05, 0.1) is 22.5 Å². The SMILES string of the molecule is c1ccc(-c2cc(SCc3nc4ccccc4[nH]3)ncn2)cc1. The molecule has 0 atom stereocenters. The molecule has 23 heavy (non-hydrogen) atoms. The molecule has 4 nitrogen and oxygen atoms in total. The highest BCUT2D eigenvalue weighted by Crippen LogP contribution is 2.24. The van der Waals surface area contributed by atoms with Crippen LogP contribution in [0, 0.1) is 0 Å². The van der Waals surface area contributed by atoms with Crippen molar-refractivity contribution in [3.63, 3.8) is 0 Å². The second-order valence-corrected chi connectivity index (χ2v) is 6.09. The van der Waals surface area contributed by atoms with Gasteiger partial charge in [-0.25, -0.2) is 15.0 Å². The van der Waals surface area contributed by atoms with Gasteiger partial charge in [0, 0.05) is 5.56 Å². The minimum absolute atomic E-state index is 0.750. The van der Waals surface area contributed by atoms with Gasteiger partial charge in [0.1, 0.15) is 17.2 Å². The number of para-hydroxylation sites is 2. The summed E-state index contributed by atoms with van der Waals surface area (Å²) < 4.78 is 0. The smallest absolute Gasteiger partial charge is 0.117 e. The second kappa shape index (κ2) is 6.22. The Morgan fingerprint density at radius 2 is 1.74 bits per heavy atom. The Kier molecular flexibility index (Phi) is 3.78. The predicted octanol–water partition coefficient (Wildman–Crippen LogP) is 4.31. The van der Waals surface area contributed by atoms with Gasteiger partial charge in [-0.05, 0) is 18.2 Å². The van der Waals surface area contributed by atoms with Gasteiger partial charge in [0.15, 0.2) is 0 Å². The second-order valence-electron chi connectivity index (χ2n) is 5.10. The van der Waals surface area contributed by atoms with Crippen molar-refractivity contribution in [3.05, 3.63) is 72.8 Å². The number of aromatic amines is 1. The number of fused-ring (bicyclic) bond motifs is 1. The van der Waals surface area contributed by atoms with Gasteiger partial charge >= 0.3 is 0 Å². The Balaban J connectivity index is 1.53. The normalized spacial score (nSPS) is 11.0. The van der Waals surface area contributed by atoms with Gasteiger partial charge in [-0.3, -0.25) is 0 Å². The van der Waals surface area contributed by atoms with E-state index < -0.39 is 0 Å². The lowest BCUT2D eigenvalue weighted by molar-refractivity contribution is 1.04. The molecule has 0 bridgehead atoms. The number of rotatable bonds is 4. The van der Waals surface area contributed by atoms with E-state index in [-0.39, 0.29) is 0 Å². The zero-order valence-electron chi connectivity index (χ0n) is 12.3. The third-order valence-corrected chi connectivity index (χ3v) is 4.44. The zero-order chi connectivity index (χ0) is 15.5. The minimum Gasteiger partial charge on any atom is -0.341 e. The maximum absolute atomic E-state index is 4.59. The van der Waals surface area contributed by atoms with Crippen LogP contribution in [0.2, 0.25) is 0 Å². The molecule has 0 saturated heterocycles. The van der Waals surface area contributed by atoms with Crippen molar-refractivity contribution in [2.75, 3.05) is 0 Å². The van der Waals surface area contributed by atoms with E-state index in [1.54, 1.807) is 18.1 Å². The van der Waals surface area contributed by atoms with Crippen LogP contribution in [-0.4, -0.2) is 19.9 Å². The Hall–Kier alpha value is -2.66. The summed E-state index contributed by atoms with van der Waals surface area (Å²) in [4.78, 5) is 16.6. The predicted molar refractivity (Wildman–Crippen MR) is 93.1 cm³/mol. The highest BCUT2D eigenvalue weighted by molar-refractivity contribution is 7.98. The van der Waals surface area contributed by atoms with Crippen LogP contribution in [0.15, 0.2) is 72.0 Å². The third kappa shape index (κ3) is 3.10. The average Bonchev–Trinajstić information content (AvgIpc) is 3.04. The summed E-state index contributed by atoms with van der Waals surface area (Å²) in [5, 5.41) is 0.944. The summed E-state index contributed by atoms with van der Waals surface area (Å²) in [5.41, 5.74) is 4.10. The molecule has 0 radical (unpaired) electrons. The molecule has 4 aromatic rings. The summed E-state index contributed by atoms with van der Waals surface area (Å²) >= 11 is 1.65. The van der Waals surface area contributed by atoms with Crippen molar-refractivity contribution < 1.29 is 0 Å². The average molecular weight is 318 g/mol. The van der Waals surface area contributed by atoms with E-state index in [2.05, 4.69) is 32.1 Å². The minimum atomic E-state index is 0.750. The molecule has 0 aliphatic carbocycles. The van der Waals surface area contributed by atoms with E-state index >= 15 is 0 Å². The van der Waals surface area contributed by atoms with Crippen LogP contribution in [-0.2, 0) is 5.75 Å². The van der Waals surface area contributed by atoms with E-state index in [4.69, 9.17) is 0 Å². The van der Waals surface area contributed by atoms with Crippen molar-refractivity contribution in [1.29, 1.82) is 0 Å². The monoisotopic (exact) mass is 318 g/mol. The lowest BCUT2D eigenvalue weighted by Crippen LogP contribution is -1.89. The fourth-order valence-corrected chi connectivity index (χ4v) is 3.14. The molecule has 2 heterocycles. The number of benzene rings is 2. The summed E-state index contributed by atoms with van der Waals surface area (Å²) in [6.45, 7) is 0. The lowest BCUT2D eigenvalue weighted by Gasteiger charge is -2.03. The van der Waals surface area contributed by atoms with E-state index in [9.17, 15) is 0 Å². The van der Waals surface area contributed by atoms with Crippen LogP contribution >= 0.6 is 11.8 Å². The molecule has 0 spiro atoms. The number of thioether (sulfide) groups is 1. The maximum atomic E-state index is 4.59. The summed E-state index contributed by atoms with van der Waals surface area (Å²) in [6.07, 6.45) is 1.61. The fraction of sp³-hybridized carbons (Fsp3) is 0.0556. The molecule has 5 heteroatoms. The van der Waals surface area contributed by atoms with Gasteiger partial charge in [0.2, 0.25) is 0 Å². The van der Waals surface area contributed by atoms with Crippen LogP contribution in [0.1, 0.15) is 5.82 Å². The highest BCUT2D eigenvalue weighted by atomic mass is 32.2. The number of nitrogens with zero attached hydrogens (tertiary/aromatic N) is 3. The molecular weight excluding hydrogens is 304 g/mol. The highest BCUT2D eigenvalue weighted by Gasteiger charge is 2.05. The van der Waals surface area contributed by atoms with Crippen molar-refractivity contribution in [2.45, 2.75) is 10.8 Å². The number of aromatic nitrogens is 4. The van der Waals surface area contributed by atoms with Crippen LogP contribution in [0.3, 0.4) is 0 Å². The first-order chi connectivity index (χ1) is 11.4. The number of nitrogens with one attached hydrogen (secondary N) is 1. The van der Waals surface area contributed by atoms with Crippen molar-refractivity contribution in [1.82, 2.24) is 19.9 Å². The van der Waals surface area contributed by atoms with E-state index in [1.807, 2.05) is 48.5 Å². The molecule has 4 rings (SSSR count). The molecule has 0 fully saturated rings. The zero-order valence-corrected chi connectivity index (χ0v) is 13.1. The van der Waals surface area contributed by atoms with E-state index in [1.165, 1.54) is 0 Å². The first kappa shape index (κ1) is 14.0. The van der Waals surface area contributed by atoms with Crippen LogP contribution in [0.25, 0.3) is 22.3 Å². The fourth-order valence-electron chi connectivity index (χ4n) is 2.40. The van der Waals surface area contributed by atoms with Crippen LogP contribution in [0.5, 0.6) is 0 Å². The lowest BCUT2D eigenvalue weighted by atomic mass is 10.1. The van der Waals surface area contributed by atoms with E-state index in [0.717, 1.165) is 38.9 Å². The molecule has 0 aliphatic rings. The Bertz CT molecular complexity index is 901. The largest absolute Gasteiger partial charge is 0.341 e. The Labute approximate surface area is 138 Å². The quantitative estimate of drug-likeness (QED) is 0.450. The molecule has 2 aromatic carbocycles. The Morgan fingerprint density at radius 1 is 0.913 bits per heavy atom. The first-order valence-corrected chi connectivity index (χ1v) is 8.31. The van der Waals surface area contributed by atoms with Crippen LogP contribution in [0.4, 0.5) is 0 Å². The van der Waals surface area contributed by atoms with Gasteiger partial charge < -0.3 is 4.98 Å². The molecule has 0 unspecified atom stereocenters. The van der Waals surface area contributed by atoms with E-state index in [0.29, 0.717) is 0 Å². The molecule has 1 N–H and O–H groups in total. The standard InChI is InChI=1S/C18H14N4S/c1-2-6-13(7-3-1)16-10-18(20-12-19-16)23-11-17-21-14-8-4-5-9-15(14)22-17/h1-10,12H,11H2,(H,21,22). The van der Waals surface area contributed by atoms with Crippen molar-refractivity contribution in [3.8, 4) is 11.3 Å². The number of hydrogen-bond acceptors (Lipinski definition) is 4. The number of H-pyrrole nitrogens is 1. The summed E-state index contributed by atoms with van der Waals surface area (Å²) in [5.74, 6) is 1.70. The first-order valence-electron chi connectivity index (χ1n) is 7.32. The molecule has 2 aromatic heterocycles. The van der Waals surface area contributed by atoms with Crippen molar-refractivity contribution in [2.24, 2.45) is 0 Å². The third-order valence-electron chi connectivity index (χ3n) is 3.51. The topological polar surface area (TPSA) is 54.5 Å². The number of hydrogen-bond donors (Lipinski definition) is 1. The molecular formula is C18H14N4S. The van der Waals surface area contributed by atoms with Crippen LogP contribution < -0.4 is 0 Å². The molecule has 112 valence electrons. The summed E-state index contributed by atoms with van der Waals surface area (Å²) in [6, 6.07) is 20.2. The molecule has 0 saturated carbocycles. The number of imidazole rings is 1. The van der Waals surface area contributed by atoms with Gasteiger partial charge in [-0.1, -0.05) is 54.2 Å².